The van der Waals surface area contributed by atoms with Crippen molar-refractivity contribution in [1.82, 2.24) is 4.98 Å². The first-order valence-corrected chi connectivity index (χ1v) is 11.7. The number of carbonyl (C=O) groups excluding carboxylic acids is 1. The Hall–Kier alpha value is -1.38. The van der Waals surface area contributed by atoms with Crippen molar-refractivity contribution in [2.45, 2.75) is 35.8 Å². The van der Waals surface area contributed by atoms with E-state index in [4.69, 9.17) is 16.3 Å². The van der Waals surface area contributed by atoms with Gasteiger partial charge in [0.1, 0.15) is 9.59 Å². The van der Waals surface area contributed by atoms with Gasteiger partial charge in [0.25, 0.3) is 5.91 Å². The van der Waals surface area contributed by atoms with Crippen LogP contribution in [0.15, 0.2) is 41.4 Å². The van der Waals surface area contributed by atoms with Gasteiger partial charge in [0.2, 0.25) is 0 Å². The van der Waals surface area contributed by atoms with Crippen LogP contribution in [0.1, 0.15) is 31.2 Å². The van der Waals surface area contributed by atoms with E-state index < -0.39 is 11.2 Å². The highest BCUT2D eigenvalue weighted by molar-refractivity contribution is 7.92. The van der Waals surface area contributed by atoms with Crippen LogP contribution in [0.5, 0.6) is 0 Å². The molecule has 2 heterocycles. The molecule has 28 heavy (non-hydrogen) atoms. The lowest BCUT2D eigenvalue weighted by atomic mass is 9.94. The van der Waals surface area contributed by atoms with Crippen molar-refractivity contribution in [1.29, 1.82) is 0 Å². The SMILES string of the molecule is O=C(Nc1ncc(Cl)s1)/C(=C/C1CCOCC1)c1ccc([S+]([O-])C2CC2)cc1. The number of hydrogen-bond acceptors (Lipinski definition) is 5. The molecule has 2 aliphatic rings. The first-order chi connectivity index (χ1) is 13.6. The fourth-order valence-electron chi connectivity index (χ4n) is 3.14. The summed E-state index contributed by atoms with van der Waals surface area (Å²) in [6.07, 6.45) is 7.39. The zero-order valence-corrected chi connectivity index (χ0v) is 17.6. The summed E-state index contributed by atoms with van der Waals surface area (Å²) in [4.78, 5) is 17.9. The van der Waals surface area contributed by atoms with Crippen LogP contribution >= 0.6 is 22.9 Å². The lowest BCUT2D eigenvalue weighted by molar-refractivity contribution is -0.111. The molecule has 1 aliphatic heterocycles. The minimum absolute atomic E-state index is 0.214. The van der Waals surface area contributed by atoms with Crippen LogP contribution in [0, 0.1) is 5.92 Å². The van der Waals surface area contributed by atoms with Gasteiger partial charge in [-0.05, 0) is 59.8 Å². The molecule has 4 rings (SSSR count). The number of nitrogens with zero attached hydrogens (tertiary/aromatic N) is 1. The highest BCUT2D eigenvalue weighted by Crippen LogP contribution is 2.34. The van der Waals surface area contributed by atoms with Gasteiger partial charge in [-0.15, -0.1) is 0 Å². The average molecular weight is 437 g/mol. The maximum atomic E-state index is 13.0. The quantitative estimate of drug-likeness (QED) is 0.533. The van der Waals surface area contributed by atoms with E-state index in [2.05, 4.69) is 10.3 Å². The Bertz CT molecular complexity index is 859. The van der Waals surface area contributed by atoms with E-state index in [0.29, 0.717) is 33.5 Å². The fourth-order valence-corrected chi connectivity index (χ4v) is 5.30. The molecule has 5 nitrogen and oxygen atoms in total. The third-order valence-corrected chi connectivity index (χ3v) is 7.68. The number of aromatic nitrogens is 1. The number of rotatable bonds is 6. The first-order valence-electron chi connectivity index (χ1n) is 9.33. The average Bonchev–Trinajstić information content (AvgIpc) is 3.49. The molecule has 1 atom stereocenters. The minimum atomic E-state index is -0.951. The Morgan fingerprint density at radius 1 is 1.25 bits per heavy atom. The molecule has 1 aliphatic carbocycles. The number of nitrogens with one attached hydrogen (secondary N) is 1. The summed E-state index contributed by atoms with van der Waals surface area (Å²) < 4.78 is 18.3. The molecule has 2 fully saturated rings. The molecule has 1 amide bonds. The first kappa shape index (κ1) is 19.9. The van der Waals surface area contributed by atoms with Crippen LogP contribution in [-0.2, 0) is 20.7 Å². The van der Waals surface area contributed by atoms with Crippen LogP contribution in [0.25, 0.3) is 5.57 Å². The molecule has 1 saturated heterocycles. The summed E-state index contributed by atoms with van der Waals surface area (Å²) in [5, 5.41) is 3.61. The maximum Gasteiger partial charge on any atom is 0.257 e. The van der Waals surface area contributed by atoms with Gasteiger partial charge in [-0.1, -0.05) is 29.0 Å². The Labute approximate surface area is 176 Å². The molecule has 2 aromatic rings. The summed E-state index contributed by atoms with van der Waals surface area (Å²) in [6, 6.07) is 7.51. The molecule has 0 spiro atoms. The number of anilines is 1. The molecular weight excluding hydrogens is 416 g/mol. The van der Waals surface area contributed by atoms with E-state index in [1.807, 2.05) is 30.3 Å². The molecule has 1 aromatic heterocycles. The van der Waals surface area contributed by atoms with Gasteiger partial charge >= 0.3 is 0 Å². The monoisotopic (exact) mass is 436 g/mol. The van der Waals surface area contributed by atoms with Crippen molar-refractivity contribution in [3.63, 3.8) is 0 Å². The molecule has 0 bridgehead atoms. The topological polar surface area (TPSA) is 74.3 Å². The molecule has 1 N–H and O–H groups in total. The third kappa shape index (κ3) is 4.96. The smallest absolute Gasteiger partial charge is 0.257 e. The minimum Gasteiger partial charge on any atom is -0.611 e. The van der Waals surface area contributed by atoms with Gasteiger partial charge in [0, 0.05) is 31.6 Å². The van der Waals surface area contributed by atoms with Gasteiger partial charge in [0.05, 0.1) is 6.20 Å². The standard InChI is InChI=1S/C20H21ClN2O3S2/c21-18-12-22-20(27-18)23-19(24)17(11-13-7-9-26-10-8-13)14-1-3-15(4-2-14)28(25)16-5-6-16/h1-4,11-13,16H,5-10H2,(H,22,23,24)/b17-11+. The Morgan fingerprint density at radius 2 is 1.96 bits per heavy atom. The number of thiazole rings is 1. The van der Waals surface area contributed by atoms with Crippen LogP contribution in [0.3, 0.4) is 0 Å². The zero-order valence-electron chi connectivity index (χ0n) is 15.2. The molecular formula is C20H21ClN2O3S2. The molecule has 0 radical (unpaired) electrons. The van der Waals surface area contributed by atoms with Crippen molar-refractivity contribution in [2.24, 2.45) is 5.92 Å². The Balaban J connectivity index is 1.58. The number of hydrogen-bond donors (Lipinski definition) is 1. The second-order valence-corrected chi connectivity index (χ2v) is 10.4. The van der Waals surface area contributed by atoms with E-state index in [1.54, 1.807) is 0 Å². The number of allylic oxidation sites excluding steroid dienone is 1. The molecule has 1 unspecified atom stereocenters. The van der Waals surface area contributed by atoms with Gasteiger partial charge in [-0.2, -0.15) is 0 Å². The summed E-state index contributed by atoms with van der Waals surface area (Å²) in [5.74, 6) is 0.0724. The number of halogens is 1. The van der Waals surface area contributed by atoms with E-state index in [-0.39, 0.29) is 11.8 Å². The van der Waals surface area contributed by atoms with E-state index in [1.165, 1.54) is 17.5 Å². The van der Waals surface area contributed by atoms with Gasteiger partial charge in [-0.25, -0.2) is 4.98 Å². The highest BCUT2D eigenvalue weighted by Gasteiger charge is 2.35. The van der Waals surface area contributed by atoms with Crippen LogP contribution < -0.4 is 5.32 Å². The Kier molecular flexibility index (Phi) is 6.38. The predicted molar refractivity (Wildman–Crippen MR) is 113 cm³/mol. The number of ether oxygens (including phenoxy) is 1. The number of amides is 1. The van der Waals surface area contributed by atoms with Crippen molar-refractivity contribution < 1.29 is 14.1 Å². The van der Waals surface area contributed by atoms with Crippen molar-refractivity contribution in [3.05, 3.63) is 46.4 Å². The summed E-state index contributed by atoms with van der Waals surface area (Å²) in [7, 11) is 0. The van der Waals surface area contributed by atoms with Gasteiger partial charge in [0.15, 0.2) is 10.0 Å². The van der Waals surface area contributed by atoms with Crippen LogP contribution in [-0.4, -0.2) is 33.9 Å². The largest absolute Gasteiger partial charge is 0.611 e. The van der Waals surface area contributed by atoms with Gasteiger partial charge < -0.3 is 9.29 Å². The third-order valence-electron chi connectivity index (χ3n) is 4.84. The number of benzene rings is 1. The lowest BCUT2D eigenvalue weighted by Gasteiger charge is -2.20. The van der Waals surface area contributed by atoms with Crippen molar-refractivity contribution in [2.75, 3.05) is 18.5 Å². The summed E-state index contributed by atoms with van der Waals surface area (Å²) in [5.41, 5.74) is 1.41. The zero-order chi connectivity index (χ0) is 19.5. The second-order valence-electron chi connectivity index (χ2n) is 6.97. The Morgan fingerprint density at radius 3 is 2.57 bits per heavy atom. The van der Waals surface area contributed by atoms with E-state index in [9.17, 15) is 9.35 Å². The molecule has 8 heteroatoms. The van der Waals surface area contributed by atoms with Crippen LogP contribution in [0.4, 0.5) is 5.13 Å². The summed E-state index contributed by atoms with van der Waals surface area (Å²) in [6.45, 7) is 1.41. The van der Waals surface area contributed by atoms with Crippen LogP contribution in [0.2, 0.25) is 4.34 Å². The normalized spacial score (nSPS) is 19.4. The fraction of sp³-hybridized carbons (Fsp3) is 0.400. The molecule has 148 valence electrons. The molecule has 1 aromatic carbocycles. The van der Waals surface area contributed by atoms with Crippen molar-refractivity contribution in [3.8, 4) is 0 Å². The van der Waals surface area contributed by atoms with Crippen molar-refractivity contribution >= 4 is 50.7 Å². The highest BCUT2D eigenvalue weighted by atomic mass is 35.5. The lowest BCUT2D eigenvalue weighted by Crippen LogP contribution is -2.18. The van der Waals surface area contributed by atoms with Gasteiger partial charge in [-0.3, -0.25) is 10.1 Å². The summed E-state index contributed by atoms with van der Waals surface area (Å²) >= 11 is 6.20. The van der Waals surface area contributed by atoms with E-state index in [0.717, 1.165) is 36.1 Å². The maximum absolute atomic E-state index is 13.0. The number of carbonyl (C=O) groups is 1. The molecule has 1 saturated carbocycles. The second kappa shape index (κ2) is 8.97. The van der Waals surface area contributed by atoms with E-state index >= 15 is 0 Å². The predicted octanol–water partition coefficient (Wildman–Crippen LogP) is 4.52.